The Morgan fingerprint density at radius 3 is 1.88 bits per heavy atom. The quantitative estimate of drug-likeness (QED) is 0.346. The van der Waals surface area contributed by atoms with Gasteiger partial charge in [-0.25, -0.2) is 0 Å². The lowest BCUT2D eigenvalue weighted by Gasteiger charge is -2.45. The van der Waals surface area contributed by atoms with Crippen LogP contribution in [0.1, 0.15) is 54.4 Å². The van der Waals surface area contributed by atoms with Crippen molar-refractivity contribution in [3.63, 3.8) is 0 Å². The number of rotatable bonds is 5. The highest BCUT2D eigenvalue weighted by Crippen LogP contribution is 2.43. The highest BCUT2D eigenvalue weighted by molar-refractivity contribution is 6.74. The van der Waals surface area contributed by atoms with Gasteiger partial charge in [0.05, 0.1) is 12.2 Å². The van der Waals surface area contributed by atoms with Gasteiger partial charge >= 0.3 is 0 Å². The Kier molecular flexibility index (Phi) is 7.66. The van der Waals surface area contributed by atoms with E-state index in [0.717, 1.165) is 18.4 Å². The van der Waals surface area contributed by atoms with E-state index in [-0.39, 0.29) is 22.3 Å². The summed E-state index contributed by atoms with van der Waals surface area (Å²) in [4.78, 5) is 0. The molecule has 1 rings (SSSR count). The van der Waals surface area contributed by atoms with Gasteiger partial charge in [-0.15, -0.1) is 11.6 Å². The first-order valence-electron chi connectivity index (χ1n) is 9.81. The lowest BCUT2D eigenvalue weighted by molar-refractivity contribution is 0.0969. The second-order valence-corrected chi connectivity index (χ2v) is 20.5. The van der Waals surface area contributed by atoms with Crippen LogP contribution in [0.2, 0.25) is 36.3 Å². The number of halogens is 1. The normalized spacial score (nSPS) is 25.0. The lowest BCUT2D eigenvalue weighted by atomic mass is 9.86. The molecule has 5 heteroatoms. The van der Waals surface area contributed by atoms with Crippen LogP contribution in [0.3, 0.4) is 0 Å². The summed E-state index contributed by atoms with van der Waals surface area (Å²) < 4.78 is 13.5. The van der Waals surface area contributed by atoms with Crippen molar-refractivity contribution in [1.29, 1.82) is 0 Å². The van der Waals surface area contributed by atoms with Gasteiger partial charge in [-0.2, -0.15) is 0 Å². The monoisotopic (exact) mass is 416 g/mol. The molecule has 0 aromatic heterocycles. The van der Waals surface area contributed by atoms with E-state index in [9.17, 15) is 0 Å². The largest absolute Gasteiger partial charge is 0.413 e. The van der Waals surface area contributed by atoms with Gasteiger partial charge in [0.2, 0.25) is 0 Å². The molecule has 2 atom stereocenters. The molecule has 0 spiro atoms. The summed E-state index contributed by atoms with van der Waals surface area (Å²) in [5, 5.41) is 0.379. The maximum Gasteiger partial charge on any atom is 0.192 e. The molecule has 0 aromatic carbocycles. The molecule has 2 nitrogen and oxygen atoms in total. The third-order valence-corrected chi connectivity index (χ3v) is 15.7. The molecule has 0 bridgehead atoms. The highest BCUT2D eigenvalue weighted by Gasteiger charge is 2.44. The molecule has 0 N–H and O–H groups in total. The van der Waals surface area contributed by atoms with E-state index in [0.29, 0.717) is 5.88 Å². The van der Waals surface area contributed by atoms with Crippen molar-refractivity contribution in [2.75, 3.05) is 5.88 Å². The van der Waals surface area contributed by atoms with Gasteiger partial charge in [0, 0.05) is 12.3 Å². The summed E-state index contributed by atoms with van der Waals surface area (Å²) in [7, 11) is -3.70. The van der Waals surface area contributed by atoms with Crippen molar-refractivity contribution in [1.82, 2.24) is 0 Å². The van der Waals surface area contributed by atoms with E-state index >= 15 is 0 Å². The fourth-order valence-corrected chi connectivity index (χ4v) is 5.55. The molecule has 1 aliphatic rings. The Balaban J connectivity index is 3.08. The van der Waals surface area contributed by atoms with Crippen LogP contribution in [0.4, 0.5) is 0 Å². The molecule has 152 valence electrons. The predicted molar refractivity (Wildman–Crippen MR) is 121 cm³/mol. The summed E-state index contributed by atoms with van der Waals surface area (Å²) in [5.74, 6) is 0.508. The Morgan fingerprint density at radius 1 is 1.00 bits per heavy atom. The minimum absolute atomic E-state index is 0.0360. The van der Waals surface area contributed by atoms with Crippen molar-refractivity contribution in [2.45, 2.75) is 103 Å². The third kappa shape index (κ3) is 5.81. The molecule has 1 fully saturated rings. The van der Waals surface area contributed by atoms with E-state index in [1.165, 1.54) is 5.57 Å². The Hall–Kier alpha value is 0.124. The van der Waals surface area contributed by atoms with E-state index < -0.39 is 16.6 Å². The summed E-state index contributed by atoms with van der Waals surface area (Å²) in [6.45, 7) is 27.4. The average Bonchev–Trinajstić information content (AvgIpc) is 2.40. The second kappa shape index (κ2) is 8.24. The van der Waals surface area contributed by atoms with Gasteiger partial charge in [0.25, 0.3) is 0 Å². The summed E-state index contributed by atoms with van der Waals surface area (Å²) in [6, 6.07) is 0. The molecule has 0 unspecified atom stereocenters. The zero-order valence-corrected chi connectivity index (χ0v) is 21.5. The van der Waals surface area contributed by atoms with Crippen molar-refractivity contribution in [2.24, 2.45) is 0 Å². The molecule has 0 heterocycles. The minimum atomic E-state index is -1.88. The first-order valence-corrected chi connectivity index (χ1v) is 16.2. The van der Waals surface area contributed by atoms with E-state index in [1.807, 2.05) is 0 Å². The van der Waals surface area contributed by atoms with Crippen LogP contribution < -0.4 is 0 Å². The summed E-state index contributed by atoms with van der Waals surface area (Å²) in [6.07, 6.45) is 4.11. The van der Waals surface area contributed by atoms with Crippen molar-refractivity contribution >= 4 is 28.2 Å². The third-order valence-electron chi connectivity index (χ3n) is 6.56. The second-order valence-electron chi connectivity index (χ2n) is 10.7. The van der Waals surface area contributed by atoms with Crippen LogP contribution in [0.15, 0.2) is 23.8 Å². The fraction of sp³-hybridized carbons (Fsp3) is 0.810. The first-order chi connectivity index (χ1) is 11.5. The molecule has 0 aliphatic heterocycles. The van der Waals surface area contributed by atoms with Gasteiger partial charge in [-0.3, -0.25) is 0 Å². The van der Waals surface area contributed by atoms with Gasteiger partial charge in [-0.1, -0.05) is 54.2 Å². The average molecular weight is 417 g/mol. The Morgan fingerprint density at radius 2 is 1.46 bits per heavy atom. The molecular formula is C21H41ClO2Si2. The van der Waals surface area contributed by atoms with Gasteiger partial charge in [0.1, 0.15) is 0 Å². The van der Waals surface area contributed by atoms with E-state index in [4.69, 9.17) is 20.5 Å². The van der Waals surface area contributed by atoms with Crippen LogP contribution in [0.25, 0.3) is 0 Å². The standard InChI is InChI=1S/C21H41ClO2Si2/c1-16-17(12-13-22)14-18(23-25(8,9)20(2,3)4)15-19(16)24-26(10,11)21(5,6)7/h12,18-19H,1,13-15H2,2-11H3/b17-12+/t18-,19+/m1/s1. The van der Waals surface area contributed by atoms with Crippen molar-refractivity contribution in [3.8, 4) is 0 Å². The smallest absolute Gasteiger partial charge is 0.192 e. The predicted octanol–water partition coefficient (Wildman–Crippen LogP) is 7.28. The van der Waals surface area contributed by atoms with Gasteiger partial charge in [0.15, 0.2) is 16.6 Å². The zero-order valence-electron chi connectivity index (χ0n) is 18.8. The van der Waals surface area contributed by atoms with Gasteiger partial charge < -0.3 is 8.85 Å². The van der Waals surface area contributed by atoms with Crippen LogP contribution in [0, 0.1) is 0 Å². The zero-order chi connectivity index (χ0) is 20.6. The molecule has 1 saturated carbocycles. The van der Waals surface area contributed by atoms with Crippen LogP contribution in [-0.4, -0.2) is 34.7 Å². The topological polar surface area (TPSA) is 18.5 Å². The fourth-order valence-electron chi connectivity index (χ4n) is 2.69. The molecule has 0 aromatic rings. The molecule has 1 aliphatic carbocycles. The minimum Gasteiger partial charge on any atom is -0.413 e. The molecule has 0 amide bonds. The lowest BCUT2D eigenvalue weighted by Crippen LogP contribution is -2.49. The number of hydrogen-bond acceptors (Lipinski definition) is 2. The van der Waals surface area contributed by atoms with Crippen LogP contribution in [0.5, 0.6) is 0 Å². The Labute approximate surface area is 169 Å². The Bertz CT molecular complexity index is 539. The van der Waals surface area contributed by atoms with Gasteiger partial charge in [-0.05, 0) is 53.8 Å². The SMILES string of the molecule is C=C1/C(=C/CCl)C[C@@H](O[Si](C)(C)C(C)(C)C)C[C@@H]1O[Si](C)(C)C(C)(C)C. The molecule has 0 saturated heterocycles. The molecule has 26 heavy (non-hydrogen) atoms. The first kappa shape index (κ1) is 24.2. The van der Waals surface area contributed by atoms with Crippen molar-refractivity contribution in [3.05, 3.63) is 23.8 Å². The number of alkyl halides is 1. The number of allylic oxidation sites excluding steroid dienone is 1. The maximum absolute atomic E-state index is 6.75. The van der Waals surface area contributed by atoms with Crippen LogP contribution >= 0.6 is 11.6 Å². The molecular weight excluding hydrogens is 376 g/mol. The maximum atomic E-state index is 6.75. The van der Waals surface area contributed by atoms with Crippen molar-refractivity contribution < 1.29 is 8.85 Å². The summed E-state index contributed by atoms with van der Waals surface area (Å²) in [5.41, 5.74) is 2.32. The van der Waals surface area contributed by atoms with Crippen LogP contribution in [-0.2, 0) is 8.85 Å². The van der Waals surface area contributed by atoms with E-state index in [1.54, 1.807) is 0 Å². The highest BCUT2D eigenvalue weighted by atomic mass is 35.5. The molecule has 0 radical (unpaired) electrons. The summed E-state index contributed by atoms with van der Waals surface area (Å²) >= 11 is 6.03. The number of hydrogen-bond donors (Lipinski definition) is 0. The van der Waals surface area contributed by atoms with E-state index in [2.05, 4.69) is 80.4 Å².